The standard InChI is InChI=1S/C8H16BrNO/c1-7-4-8(11)6-10(5-7)3-2-9/h7-8,11H,2-6H2,1H3/t7-,8+/m1/s1. The maximum absolute atomic E-state index is 9.42. The normalized spacial score (nSPS) is 34.1. The van der Waals surface area contributed by atoms with Crippen molar-refractivity contribution >= 4 is 15.9 Å². The van der Waals surface area contributed by atoms with E-state index in [1.54, 1.807) is 0 Å². The van der Waals surface area contributed by atoms with Gasteiger partial charge in [0.1, 0.15) is 0 Å². The Morgan fingerprint density at radius 1 is 1.55 bits per heavy atom. The fourth-order valence-corrected chi connectivity index (χ4v) is 2.23. The highest BCUT2D eigenvalue weighted by Gasteiger charge is 2.21. The summed E-state index contributed by atoms with van der Waals surface area (Å²) in [5, 5.41) is 10.4. The third kappa shape index (κ3) is 3.09. The number of hydrogen-bond donors (Lipinski definition) is 1. The molecule has 11 heavy (non-hydrogen) atoms. The van der Waals surface area contributed by atoms with Gasteiger partial charge in [0.15, 0.2) is 0 Å². The van der Waals surface area contributed by atoms with Crippen molar-refractivity contribution in [2.75, 3.05) is 25.0 Å². The molecule has 3 heteroatoms. The summed E-state index contributed by atoms with van der Waals surface area (Å²) in [6, 6.07) is 0. The first kappa shape index (κ1) is 9.49. The number of β-amino-alcohol motifs (C(OH)–C–C–N with tert-alkyl or cyclic N) is 1. The van der Waals surface area contributed by atoms with Crippen LogP contribution in [-0.2, 0) is 0 Å². The summed E-state index contributed by atoms with van der Waals surface area (Å²) >= 11 is 3.40. The quantitative estimate of drug-likeness (QED) is 0.707. The van der Waals surface area contributed by atoms with Crippen LogP contribution in [0.1, 0.15) is 13.3 Å². The number of rotatable bonds is 2. The first-order chi connectivity index (χ1) is 5.22. The molecule has 1 heterocycles. The van der Waals surface area contributed by atoms with Gasteiger partial charge < -0.3 is 5.11 Å². The van der Waals surface area contributed by atoms with Crippen LogP contribution in [0.2, 0.25) is 0 Å². The zero-order valence-corrected chi connectivity index (χ0v) is 8.55. The highest BCUT2D eigenvalue weighted by Crippen LogP contribution is 2.15. The molecule has 2 nitrogen and oxygen atoms in total. The van der Waals surface area contributed by atoms with E-state index in [-0.39, 0.29) is 6.10 Å². The van der Waals surface area contributed by atoms with Gasteiger partial charge in [-0.3, -0.25) is 4.90 Å². The number of alkyl halides is 1. The van der Waals surface area contributed by atoms with Crippen molar-refractivity contribution in [3.63, 3.8) is 0 Å². The van der Waals surface area contributed by atoms with Gasteiger partial charge in [-0.15, -0.1) is 0 Å². The van der Waals surface area contributed by atoms with Crippen LogP contribution >= 0.6 is 15.9 Å². The molecule has 0 spiro atoms. The van der Waals surface area contributed by atoms with E-state index in [1.807, 2.05) is 0 Å². The van der Waals surface area contributed by atoms with Crippen molar-refractivity contribution in [2.24, 2.45) is 5.92 Å². The second-order valence-corrected chi connectivity index (χ2v) is 4.24. The van der Waals surface area contributed by atoms with Gasteiger partial charge in [0.2, 0.25) is 0 Å². The van der Waals surface area contributed by atoms with E-state index >= 15 is 0 Å². The van der Waals surface area contributed by atoms with Gasteiger partial charge >= 0.3 is 0 Å². The third-order valence-electron chi connectivity index (χ3n) is 2.11. The van der Waals surface area contributed by atoms with E-state index in [2.05, 4.69) is 27.8 Å². The zero-order chi connectivity index (χ0) is 8.27. The molecule has 2 atom stereocenters. The average Bonchev–Trinajstić information content (AvgIpc) is 1.85. The Kier molecular flexibility index (Phi) is 3.82. The molecule has 1 saturated heterocycles. The summed E-state index contributed by atoms with van der Waals surface area (Å²) < 4.78 is 0. The van der Waals surface area contributed by atoms with Crippen molar-refractivity contribution in [3.05, 3.63) is 0 Å². The Labute approximate surface area is 76.7 Å². The van der Waals surface area contributed by atoms with Gasteiger partial charge in [0.25, 0.3) is 0 Å². The van der Waals surface area contributed by atoms with Crippen molar-refractivity contribution < 1.29 is 5.11 Å². The number of aliphatic hydroxyl groups excluding tert-OH is 1. The van der Waals surface area contributed by atoms with E-state index in [0.29, 0.717) is 5.92 Å². The fraction of sp³-hybridized carbons (Fsp3) is 1.00. The molecule has 66 valence electrons. The first-order valence-electron chi connectivity index (χ1n) is 4.18. The smallest absolute Gasteiger partial charge is 0.0670 e. The maximum Gasteiger partial charge on any atom is 0.0670 e. The van der Waals surface area contributed by atoms with Crippen molar-refractivity contribution in [2.45, 2.75) is 19.4 Å². The molecule has 0 aromatic heterocycles. The average molecular weight is 222 g/mol. The largest absolute Gasteiger partial charge is 0.392 e. The molecule has 1 aliphatic heterocycles. The van der Waals surface area contributed by atoms with Crippen LogP contribution in [-0.4, -0.2) is 41.1 Å². The van der Waals surface area contributed by atoms with Gasteiger partial charge in [0.05, 0.1) is 6.10 Å². The Morgan fingerprint density at radius 3 is 2.82 bits per heavy atom. The maximum atomic E-state index is 9.42. The Hall–Kier alpha value is 0.400. The minimum atomic E-state index is -0.0993. The molecule has 1 aliphatic rings. The predicted molar refractivity (Wildman–Crippen MR) is 50.0 cm³/mol. The van der Waals surface area contributed by atoms with Crippen LogP contribution < -0.4 is 0 Å². The van der Waals surface area contributed by atoms with Gasteiger partial charge in [-0.2, -0.15) is 0 Å². The number of likely N-dealkylation sites (tertiary alicyclic amines) is 1. The van der Waals surface area contributed by atoms with Crippen molar-refractivity contribution in [3.8, 4) is 0 Å². The fourth-order valence-electron chi connectivity index (χ4n) is 1.73. The first-order valence-corrected chi connectivity index (χ1v) is 5.31. The Morgan fingerprint density at radius 2 is 2.27 bits per heavy atom. The summed E-state index contributed by atoms with van der Waals surface area (Å²) in [5.41, 5.74) is 0. The summed E-state index contributed by atoms with van der Waals surface area (Å²) in [5.74, 6) is 0.651. The molecule has 1 fully saturated rings. The van der Waals surface area contributed by atoms with Crippen LogP contribution in [0, 0.1) is 5.92 Å². The molecular formula is C8H16BrNO. The van der Waals surface area contributed by atoms with Crippen LogP contribution in [0.15, 0.2) is 0 Å². The highest BCUT2D eigenvalue weighted by molar-refractivity contribution is 9.09. The van der Waals surface area contributed by atoms with E-state index in [1.165, 1.54) is 0 Å². The third-order valence-corrected chi connectivity index (χ3v) is 2.47. The predicted octanol–water partition coefficient (Wildman–Crippen LogP) is 1.08. The molecular weight excluding hydrogens is 206 g/mol. The van der Waals surface area contributed by atoms with E-state index in [0.717, 1.165) is 31.4 Å². The monoisotopic (exact) mass is 221 g/mol. The number of nitrogens with zero attached hydrogens (tertiary/aromatic N) is 1. The molecule has 0 amide bonds. The topological polar surface area (TPSA) is 23.5 Å². The molecule has 0 aromatic rings. The lowest BCUT2D eigenvalue weighted by Crippen LogP contribution is -2.42. The molecule has 0 aromatic carbocycles. The summed E-state index contributed by atoms with van der Waals surface area (Å²) in [7, 11) is 0. The van der Waals surface area contributed by atoms with Gasteiger partial charge in [-0.1, -0.05) is 22.9 Å². The van der Waals surface area contributed by atoms with E-state index in [9.17, 15) is 5.11 Å². The number of halogens is 1. The molecule has 0 bridgehead atoms. The zero-order valence-electron chi connectivity index (χ0n) is 6.96. The van der Waals surface area contributed by atoms with Crippen LogP contribution in [0.4, 0.5) is 0 Å². The summed E-state index contributed by atoms with van der Waals surface area (Å²) in [4.78, 5) is 2.31. The SMILES string of the molecule is C[C@@H]1C[C@H](O)CN(CCBr)C1. The second-order valence-electron chi connectivity index (χ2n) is 3.44. The summed E-state index contributed by atoms with van der Waals surface area (Å²) in [6.45, 7) is 5.25. The van der Waals surface area contributed by atoms with E-state index < -0.39 is 0 Å². The molecule has 0 radical (unpaired) electrons. The Bertz CT molecular complexity index is 111. The lowest BCUT2D eigenvalue weighted by molar-refractivity contribution is 0.0483. The van der Waals surface area contributed by atoms with E-state index in [4.69, 9.17) is 0 Å². The lowest BCUT2D eigenvalue weighted by Gasteiger charge is -2.33. The number of hydrogen-bond acceptors (Lipinski definition) is 2. The second kappa shape index (κ2) is 4.43. The lowest BCUT2D eigenvalue weighted by atomic mass is 9.98. The van der Waals surface area contributed by atoms with Crippen LogP contribution in [0.25, 0.3) is 0 Å². The summed E-state index contributed by atoms with van der Waals surface area (Å²) in [6.07, 6.45) is 0.872. The molecule has 0 aliphatic carbocycles. The van der Waals surface area contributed by atoms with Crippen molar-refractivity contribution in [1.29, 1.82) is 0 Å². The van der Waals surface area contributed by atoms with Crippen LogP contribution in [0.5, 0.6) is 0 Å². The van der Waals surface area contributed by atoms with Crippen molar-refractivity contribution in [1.82, 2.24) is 4.90 Å². The molecule has 1 rings (SSSR count). The minimum absolute atomic E-state index is 0.0993. The van der Waals surface area contributed by atoms with Crippen LogP contribution in [0.3, 0.4) is 0 Å². The Balaban J connectivity index is 2.30. The molecule has 0 saturated carbocycles. The minimum Gasteiger partial charge on any atom is -0.392 e. The molecule has 1 N–H and O–H groups in total. The number of aliphatic hydroxyl groups is 1. The van der Waals surface area contributed by atoms with Gasteiger partial charge in [0, 0.05) is 25.0 Å². The number of piperidine rings is 1. The highest BCUT2D eigenvalue weighted by atomic mass is 79.9. The van der Waals surface area contributed by atoms with Gasteiger partial charge in [-0.25, -0.2) is 0 Å². The van der Waals surface area contributed by atoms with Gasteiger partial charge in [-0.05, 0) is 12.3 Å². The molecule has 0 unspecified atom stereocenters.